The predicted molar refractivity (Wildman–Crippen MR) is 90.7 cm³/mol. The van der Waals surface area contributed by atoms with Gasteiger partial charge in [-0.3, -0.25) is 9.10 Å². The molecule has 2 aromatic rings. The second-order valence-corrected chi connectivity index (χ2v) is 7.14. The zero-order valence-electron chi connectivity index (χ0n) is 13.3. The number of ether oxygens (including phenoxy) is 1. The van der Waals surface area contributed by atoms with Crippen LogP contribution in [-0.4, -0.2) is 34.1 Å². The Morgan fingerprint density at radius 2 is 1.88 bits per heavy atom. The standard InChI is InChI=1S/C17H16N2O4S/c1-19(24(2,21)22)15-8-6-14(7-9-15)17(20)12-23-16-5-3-4-13(10-16)11-18/h3-10H,12H2,1-2H3. The van der Waals surface area contributed by atoms with E-state index >= 15 is 0 Å². The van der Waals surface area contributed by atoms with Crippen LogP contribution in [0.3, 0.4) is 0 Å². The number of carbonyl (C=O) groups is 1. The Morgan fingerprint density at radius 1 is 1.21 bits per heavy atom. The third-order valence-corrected chi connectivity index (χ3v) is 4.59. The van der Waals surface area contributed by atoms with Gasteiger partial charge >= 0.3 is 0 Å². The van der Waals surface area contributed by atoms with E-state index in [0.29, 0.717) is 22.6 Å². The molecular weight excluding hydrogens is 328 g/mol. The highest BCUT2D eigenvalue weighted by Crippen LogP contribution is 2.17. The summed E-state index contributed by atoms with van der Waals surface area (Å²) >= 11 is 0. The lowest BCUT2D eigenvalue weighted by Gasteiger charge is -2.16. The monoisotopic (exact) mass is 344 g/mol. The summed E-state index contributed by atoms with van der Waals surface area (Å²) in [4.78, 5) is 12.1. The van der Waals surface area contributed by atoms with Crippen LogP contribution in [0.25, 0.3) is 0 Å². The van der Waals surface area contributed by atoms with E-state index in [4.69, 9.17) is 10.00 Å². The van der Waals surface area contributed by atoms with Crippen molar-refractivity contribution in [1.82, 2.24) is 0 Å². The minimum Gasteiger partial charge on any atom is -0.485 e. The van der Waals surface area contributed by atoms with E-state index in [2.05, 4.69) is 0 Å². The molecule has 0 aliphatic rings. The summed E-state index contributed by atoms with van der Waals surface area (Å²) in [6.07, 6.45) is 1.11. The highest BCUT2D eigenvalue weighted by Gasteiger charge is 2.13. The molecule has 0 unspecified atom stereocenters. The second-order valence-electron chi connectivity index (χ2n) is 5.13. The number of carbonyl (C=O) groups excluding carboxylic acids is 1. The molecule has 6 nitrogen and oxygen atoms in total. The second kappa shape index (κ2) is 7.15. The van der Waals surface area contributed by atoms with Gasteiger partial charge in [0.1, 0.15) is 5.75 Å². The summed E-state index contributed by atoms with van der Waals surface area (Å²) in [5, 5.41) is 8.83. The van der Waals surface area contributed by atoms with Crippen LogP contribution in [0.2, 0.25) is 0 Å². The van der Waals surface area contributed by atoms with Crippen molar-refractivity contribution in [2.75, 3.05) is 24.2 Å². The van der Waals surface area contributed by atoms with Crippen LogP contribution in [0.4, 0.5) is 5.69 Å². The first-order chi connectivity index (χ1) is 11.3. The Kier molecular flexibility index (Phi) is 5.21. The molecule has 24 heavy (non-hydrogen) atoms. The predicted octanol–water partition coefficient (Wildman–Crippen LogP) is 2.22. The number of rotatable bonds is 6. The molecule has 7 heteroatoms. The number of nitrogens with zero attached hydrogens (tertiary/aromatic N) is 2. The van der Waals surface area contributed by atoms with Gasteiger partial charge in [0.25, 0.3) is 0 Å². The van der Waals surface area contributed by atoms with Crippen LogP contribution >= 0.6 is 0 Å². The normalized spacial score (nSPS) is 10.7. The number of anilines is 1. The van der Waals surface area contributed by atoms with Gasteiger partial charge in [0.05, 0.1) is 23.6 Å². The van der Waals surface area contributed by atoms with E-state index in [0.717, 1.165) is 10.6 Å². The molecule has 0 aliphatic carbocycles. The van der Waals surface area contributed by atoms with Crippen molar-refractivity contribution in [3.8, 4) is 11.8 Å². The average molecular weight is 344 g/mol. The van der Waals surface area contributed by atoms with Crippen molar-refractivity contribution in [2.24, 2.45) is 0 Å². The van der Waals surface area contributed by atoms with Crippen LogP contribution in [0, 0.1) is 11.3 Å². The van der Waals surface area contributed by atoms with Gasteiger partial charge in [-0.05, 0) is 42.5 Å². The molecule has 124 valence electrons. The topological polar surface area (TPSA) is 87.5 Å². The van der Waals surface area contributed by atoms with Crippen molar-refractivity contribution in [3.05, 3.63) is 59.7 Å². The van der Waals surface area contributed by atoms with Crippen molar-refractivity contribution in [3.63, 3.8) is 0 Å². The molecule has 2 aromatic carbocycles. The molecule has 0 fully saturated rings. The molecule has 0 atom stereocenters. The third kappa shape index (κ3) is 4.33. The molecule has 0 spiro atoms. The zero-order valence-corrected chi connectivity index (χ0v) is 14.1. The van der Waals surface area contributed by atoms with Crippen molar-refractivity contribution < 1.29 is 17.9 Å². The van der Waals surface area contributed by atoms with Gasteiger partial charge < -0.3 is 4.74 Å². The van der Waals surface area contributed by atoms with E-state index in [1.54, 1.807) is 48.5 Å². The maximum absolute atomic E-state index is 12.1. The largest absolute Gasteiger partial charge is 0.485 e. The molecule has 0 aliphatic heterocycles. The molecular formula is C17H16N2O4S. The summed E-state index contributed by atoms with van der Waals surface area (Å²) < 4.78 is 29.5. The van der Waals surface area contributed by atoms with E-state index in [1.165, 1.54) is 7.05 Å². The lowest BCUT2D eigenvalue weighted by atomic mass is 10.1. The molecule has 2 rings (SSSR count). The number of benzene rings is 2. The average Bonchev–Trinajstić information content (AvgIpc) is 2.58. The van der Waals surface area contributed by atoms with Gasteiger partial charge in [0, 0.05) is 12.6 Å². The van der Waals surface area contributed by atoms with E-state index < -0.39 is 10.0 Å². The quantitative estimate of drug-likeness (QED) is 0.750. The zero-order chi connectivity index (χ0) is 17.7. The smallest absolute Gasteiger partial charge is 0.231 e. The minimum absolute atomic E-state index is 0.170. The maximum Gasteiger partial charge on any atom is 0.231 e. The number of sulfonamides is 1. The van der Waals surface area contributed by atoms with Gasteiger partial charge in [-0.25, -0.2) is 8.42 Å². The molecule has 0 N–H and O–H groups in total. The Morgan fingerprint density at radius 3 is 2.46 bits per heavy atom. The first-order valence-corrected chi connectivity index (χ1v) is 8.86. The molecule has 0 aromatic heterocycles. The lowest BCUT2D eigenvalue weighted by molar-refractivity contribution is 0.0921. The molecule has 0 saturated carbocycles. The number of nitriles is 1. The summed E-state index contributed by atoms with van der Waals surface area (Å²) in [6.45, 7) is -0.170. The number of hydrogen-bond donors (Lipinski definition) is 0. The minimum atomic E-state index is -3.34. The fraction of sp³-hybridized carbons (Fsp3) is 0.176. The van der Waals surface area contributed by atoms with Crippen LogP contribution in [0.1, 0.15) is 15.9 Å². The summed E-state index contributed by atoms with van der Waals surface area (Å²) in [6, 6.07) is 14.8. The first-order valence-electron chi connectivity index (χ1n) is 7.01. The Balaban J connectivity index is 2.04. The number of hydrogen-bond acceptors (Lipinski definition) is 5. The van der Waals surface area contributed by atoms with Crippen LogP contribution in [0.5, 0.6) is 5.75 Å². The van der Waals surface area contributed by atoms with Gasteiger partial charge in [-0.2, -0.15) is 5.26 Å². The highest BCUT2D eigenvalue weighted by molar-refractivity contribution is 7.92. The summed E-state index contributed by atoms with van der Waals surface area (Å²) in [7, 11) is -1.90. The van der Waals surface area contributed by atoms with E-state index in [-0.39, 0.29) is 12.4 Å². The van der Waals surface area contributed by atoms with Crippen LogP contribution in [0.15, 0.2) is 48.5 Å². The highest BCUT2D eigenvalue weighted by atomic mass is 32.2. The fourth-order valence-corrected chi connectivity index (χ4v) is 2.44. The number of ketones is 1. The molecule has 0 bridgehead atoms. The van der Waals surface area contributed by atoms with Gasteiger partial charge in [-0.1, -0.05) is 6.07 Å². The first kappa shape index (κ1) is 17.5. The third-order valence-electron chi connectivity index (χ3n) is 3.38. The van der Waals surface area contributed by atoms with Crippen molar-refractivity contribution in [2.45, 2.75) is 0 Å². The molecule has 0 amide bonds. The van der Waals surface area contributed by atoms with Gasteiger partial charge in [0.15, 0.2) is 12.4 Å². The molecule has 0 heterocycles. The summed E-state index contributed by atoms with van der Waals surface area (Å²) in [5.41, 5.74) is 1.34. The van der Waals surface area contributed by atoms with Gasteiger partial charge in [0.2, 0.25) is 10.0 Å². The van der Waals surface area contributed by atoms with Crippen molar-refractivity contribution in [1.29, 1.82) is 5.26 Å². The Labute approximate surface area is 141 Å². The Bertz CT molecular complexity index is 884. The maximum atomic E-state index is 12.1. The van der Waals surface area contributed by atoms with Crippen LogP contribution < -0.4 is 9.04 Å². The number of Topliss-reactive ketones (excluding diaryl/α,β-unsaturated/α-hetero) is 1. The molecule has 0 saturated heterocycles. The summed E-state index contributed by atoms with van der Waals surface area (Å²) in [5.74, 6) is 0.196. The molecule has 0 radical (unpaired) electrons. The van der Waals surface area contributed by atoms with Crippen LogP contribution in [-0.2, 0) is 10.0 Å². The fourth-order valence-electron chi connectivity index (χ4n) is 1.94. The van der Waals surface area contributed by atoms with E-state index in [1.807, 2.05) is 6.07 Å². The Hall–Kier alpha value is -2.85. The van der Waals surface area contributed by atoms with Crippen molar-refractivity contribution >= 4 is 21.5 Å². The van der Waals surface area contributed by atoms with Gasteiger partial charge in [-0.15, -0.1) is 0 Å². The SMILES string of the molecule is CN(c1ccc(C(=O)COc2cccc(C#N)c2)cc1)S(C)(=O)=O. The van der Waals surface area contributed by atoms with E-state index in [9.17, 15) is 13.2 Å². The lowest BCUT2D eigenvalue weighted by Crippen LogP contribution is -2.24.